The van der Waals surface area contributed by atoms with Gasteiger partial charge in [0.25, 0.3) is 0 Å². The quantitative estimate of drug-likeness (QED) is 0.664. The SMILES string of the molecule is Cn1c(=O)n(-c2ccccc2C#N)c2ccccc21. The zero-order valence-electron chi connectivity index (χ0n) is 10.4. The van der Waals surface area contributed by atoms with E-state index in [1.165, 1.54) is 0 Å². The summed E-state index contributed by atoms with van der Waals surface area (Å²) in [5, 5.41) is 9.18. The zero-order valence-corrected chi connectivity index (χ0v) is 10.4. The summed E-state index contributed by atoms with van der Waals surface area (Å²) in [6.45, 7) is 0. The number of hydrogen-bond acceptors (Lipinski definition) is 2. The molecule has 1 heterocycles. The normalized spacial score (nSPS) is 10.5. The van der Waals surface area contributed by atoms with E-state index in [0.29, 0.717) is 11.3 Å². The van der Waals surface area contributed by atoms with E-state index in [4.69, 9.17) is 0 Å². The van der Waals surface area contributed by atoms with Crippen molar-refractivity contribution in [2.45, 2.75) is 0 Å². The maximum absolute atomic E-state index is 12.4. The predicted octanol–water partition coefficient (Wildman–Crippen LogP) is 2.20. The summed E-state index contributed by atoms with van der Waals surface area (Å²) in [4.78, 5) is 12.4. The fourth-order valence-corrected chi connectivity index (χ4v) is 2.29. The van der Waals surface area contributed by atoms with Crippen molar-refractivity contribution < 1.29 is 0 Å². The molecule has 0 radical (unpaired) electrons. The molecule has 0 N–H and O–H groups in total. The van der Waals surface area contributed by atoms with Gasteiger partial charge in [-0.3, -0.25) is 9.13 Å². The molecule has 0 aliphatic heterocycles. The fraction of sp³-hybridized carbons (Fsp3) is 0.0667. The van der Waals surface area contributed by atoms with E-state index in [9.17, 15) is 10.1 Å². The van der Waals surface area contributed by atoms with Crippen LogP contribution in [0.4, 0.5) is 0 Å². The molecule has 92 valence electrons. The number of aryl methyl sites for hydroxylation is 1. The lowest BCUT2D eigenvalue weighted by atomic mass is 10.2. The average Bonchev–Trinajstić information content (AvgIpc) is 2.71. The summed E-state index contributed by atoms with van der Waals surface area (Å²) in [5.41, 5.74) is 2.61. The Hall–Kier alpha value is -2.80. The first-order chi connectivity index (χ1) is 9.24. The van der Waals surface area contributed by atoms with Crippen LogP contribution in [-0.4, -0.2) is 9.13 Å². The molecule has 1 aromatic heterocycles. The Morgan fingerprint density at radius 2 is 1.63 bits per heavy atom. The molecule has 2 aromatic carbocycles. The van der Waals surface area contributed by atoms with E-state index >= 15 is 0 Å². The molecule has 0 saturated heterocycles. The molecule has 0 bridgehead atoms. The summed E-state index contributed by atoms with van der Waals surface area (Å²) in [7, 11) is 1.73. The third kappa shape index (κ3) is 1.56. The molecule has 0 fully saturated rings. The predicted molar refractivity (Wildman–Crippen MR) is 73.2 cm³/mol. The van der Waals surface area contributed by atoms with Gasteiger partial charge in [0.15, 0.2) is 0 Å². The number of nitriles is 1. The van der Waals surface area contributed by atoms with Gasteiger partial charge >= 0.3 is 5.69 Å². The van der Waals surface area contributed by atoms with Gasteiger partial charge in [0.2, 0.25) is 0 Å². The van der Waals surface area contributed by atoms with Gasteiger partial charge in [-0.15, -0.1) is 0 Å². The van der Waals surface area contributed by atoms with Crippen LogP contribution in [0.15, 0.2) is 53.3 Å². The van der Waals surface area contributed by atoms with E-state index in [1.54, 1.807) is 34.4 Å². The minimum atomic E-state index is -0.149. The molecular weight excluding hydrogens is 238 g/mol. The average molecular weight is 249 g/mol. The molecule has 0 amide bonds. The second kappa shape index (κ2) is 4.14. The van der Waals surface area contributed by atoms with Crippen molar-refractivity contribution in [3.63, 3.8) is 0 Å². The molecule has 0 unspecified atom stereocenters. The molecule has 19 heavy (non-hydrogen) atoms. The third-order valence-corrected chi connectivity index (χ3v) is 3.23. The Morgan fingerprint density at radius 1 is 1.00 bits per heavy atom. The number of imidazole rings is 1. The molecule has 0 aliphatic rings. The van der Waals surface area contributed by atoms with Crippen LogP contribution in [-0.2, 0) is 7.05 Å². The van der Waals surface area contributed by atoms with Gasteiger partial charge in [0, 0.05) is 7.05 Å². The fourth-order valence-electron chi connectivity index (χ4n) is 2.29. The van der Waals surface area contributed by atoms with Gasteiger partial charge < -0.3 is 0 Å². The van der Waals surface area contributed by atoms with Crippen LogP contribution in [0.25, 0.3) is 16.7 Å². The van der Waals surface area contributed by atoms with Gasteiger partial charge in [-0.25, -0.2) is 4.79 Å². The summed E-state index contributed by atoms with van der Waals surface area (Å²) in [5.74, 6) is 0. The lowest BCUT2D eigenvalue weighted by Gasteiger charge is -2.04. The topological polar surface area (TPSA) is 50.7 Å². The summed E-state index contributed by atoms with van der Waals surface area (Å²) >= 11 is 0. The van der Waals surface area contributed by atoms with E-state index < -0.39 is 0 Å². The number of hydrogen-bond donors (Lipinski definition) is 0. The van der Waals surface area contributed by atoms with Gasteiger partial charge in [0.05, 0.1) is 22.3 Å². The molecule has 0 atom stereocenters. The van der Waals surface area contributed by atoms with Crippen molar-refractivity contribution in [1.82, 2.24) is 9.13 Å². The minimum Gasteiger partial charge on any atom is -0.295 e. The Morgan fingerprint density at radius 3 is 2.37 bits per heavy atom. The van der Waals surface area contributed by atoms with Gasteiger partial charge in [-0.2, -0.15) is 5.26 Å². The molecule has 4 heteroatoms. The molecule has 4 nitrogen and oxygen atoms in total. The smallest absolute Gasteiger partial charge is 0.295 e. The largest absolute Gasteiger partial charge is 0.333 e. The second-order valence-electron chi connectivity index (χ2n) is 4.29. The zero-order chi connectivity index (χ0) is 13.4. The molecule has 0 saturated carbocycles. The summed E-state index contributed by atoms with van der Waals surface area (Å²) in [6, 6.07) is 16.8. The standard InChI is InChI=1S/C15H11N3O/c1-17-13-8-4-5-9-14(13)18(15(17)19)12-7-3-2-6-11(12)10-16/h2-9H,1H3. The minimum absolute atomic E-state index is 0.149. The van der Waals surface area contributed by atoms with Gasteiger partial charge in [0.1, 0.15) is 6.07 Å². The maximum Gasteiger partial charge on any atom is 0.333 e. The van der Waals surface area contributed by atoms with Crippen molar-refractivity contribution in [3.05, 3.63) is 64.6 Å². The van der Waals surface area contributed by atoms with Gasteiger partial charge in [-0.05, 0) is 24.3 Å². The monoisotopic (exact) mass is 249 g/mol. The van der Waals surface area contributed by atoms with Crippen molar-refractivity contribution >= 4 is 11.0 Å². The van der Waals surface area contributed by atoms with E-state index in [0.717, 1.165) is 11.0 Å². The van der Waals surface area contributed by atoms with Crippen molar-refractivity contribution in [1.29, 1.82) is 5.26 Å². The number of para-hydroxylation sites is 3. The highest BCUT2D eigenvalue weighted by molar-refractivity contribution is 5.78. The first-order valence-electron chi connectivity index (χ1n) is 5.90. The Labute approximate surface area is 109 Å². The Bertz CT molecular complexity index is 865. The summed E-state index contributed by atoms with van der Waals surface area (Å²) < 4.78 is 3.16. The van der Waals surface area contributed by atoms with Crippen molar-refractivity contribution in [2.24, 2.45) is 7.05 Å². The first-order valence-corrected chi connectivity index (χ1v) is 5.90. The molecule has 0 spiro atoms. The van der Waals surface area contributed by atoms with Crippen LogP contribution in [0, 0.1) is 11.3 Å². The maximum atomic E-state index is 12.4. The van der Waals surface area contributed by atoms with Crippen LogP contribution < -0.4 is 5.69 Å². The number of nitrogens with zero attached hydrogens (tertiary/aromatic N) is 3. The lowest BCUT2D eigenvalue weighted by Crippen LogP contribution is -2.21. The van der Waals surface area contributed by atoms with E-state index in [1.807, 2.05) is 30.3 Å². The first kappa shape index (κ1) is 11.3. The Balaban J connectivity index is 2.48. The van der Waals surface area contributed by atoms with Gasteiger partial charge in [-0.1, -0.05) is 24.3 Å². The Kier molecular flexibility index (Phi) is 2.46. The number of rotatable bonds is 1. The van der Waals surface area contributed by atoms with Crippen LogP contribution in [0.2, 0.25) is 0 Å². The molecule has 0 aliphatic carbocycles. The third-order valence-electron chi connectivity index (χ3n) is 3.23. The number of fused-ring (bicyclic) bond motifs is 1. The lowest BCUT2D eigenvalue weighted by molar-refractivity contribution is 0.845. The summed E-state index contributed by atoms with van der Waals surface area (Å²) in [6.07, 6.45) is 0. The van der Waals surface area contributed by atoms with Crippen molar-refractivity contribution in [3.8, 4) is 11.8 Å². The highest BCUT2D eigenvalue weighted by Gasteiger charge is 2.13. The highest BCUT2D eigenvalue weighted by atomic mass is 16.1. The second-order valence-corrected chi connectivity index (χ2v) is 4.29. The van der Waals surface area contributed by atoms with Crippen LogP contribution >= 0.6 is 0 Å². The van der Waals surface area contributed by atoms with Crippen LogP contribution in [0.3, 0.4) is 0 Å². The molecule has 3 rings (SSSR count). The van der Waals surface area contributed by atoms with Crippen molar-refractivity contribution in [2.75, 3.05) is 0 Å². The van der Waals surface area contributed by atoms with E-state index in [-0.39, 0.29) is 5.69 Å². The van der Waals surface area contributed by atoms with Crippen LogP contribution in [0.1, 0.15) is 5.56 Å². The highest BCUT2D eigenvalue weighted by Crippen LogP contribution is 2.19. The number of benzene rings is 2. The molecular formula is C15H11N3O. The van der Waals surface area contributed by atoms with Crippen LogP contribution in [0.5, 0.6) is 0 Å². The van der Waals surface area contributed by atoms with E-state index in [2.05, 4.69) is 6.07 Å². The molecule has 3 aromatic rings. The number of aromatic nitrogens is 2.